The molecule has 112 valence electrons. The van der Waals surface area contributed by atoms with Gasteiger partial charge in [0.25, 0.3) is 0 Å². The SMILES string of the molecule is CCCCCOC1(C)CCN(C(=O)OC(C)(C)C)C1. The first-order valence-electron chi connectivity index (χ1n) is 7.38. The van der Waals surface area contributed by atoms with E-state index in [1.54, 1.807) is 4.90 Å². The number of unbranched alkanes of at least 4 members (excludes halogenated alkanes) is 2. The highest BCUT2D eigenvalue weighted by Crippen LogP contribution is 2.26. The van der Waals surface area contributed by atoms with E-state index in [0.29, 0.717) is 6.54 Å². The van der Waals surface area contributed by atoms with Crippen molar-refractivity contribution in [2.45, 2.75) is 71.5 Å². The topological polar surface area (TPSA) is 38.8 Å². The van der Waals surface area contributed by atoms with Gasteiger partial charge in [0, 0.05) is 13.2 Å². The molecule has 0 spiro atoms. The van der Waals surface area contributed by atoms with E-state index in [0.717, 1.165) is 26.0 Å². The fraction of sp³-hybridized carbons (Fsp3) is 0.933. The van der Waals surface area contributed by atoms with Gasteiger partial charge in [0.2, 0.25) is 0 Å². The van der Waals surface area contributed by atoms with E-state index in [4.69, 9.17) is 9.47 Å². The van der Waals surface area contributed by atoms with Crippen LogP contribution in [0.4, 0.5) is 4.79 Å². The molecule has 1 aliphatic heterocycles. The zero-order valence-electron chi connectivity index (χ0n) is 13.1. The molecule has 0 N–H and O–H groups in total. The maximum Gasteiger partial charge on any atom is 0.410 e. The minimum absolute atomic E-state index is 0.204. The molecule has 1 rings (SSSR count). The Balaban J connectivity index is 2.37. The molecule has 0 radical (unpaired) electrons. The van der Waals surface area contributed by atoms with Gasteiger partial charge in [-0.05, 0) is 40.5 Å². The molecular weight excluding hydrogens is 242 g/mol. The third kappa shape index (κ3) is 5.81. The van der Waals surface area contributed by atoms with Crippen LogP contribution in [0.3, 0.4) is 0 Å². The van der Waals surface area contributed by atoms with Gasteiger partial charge in [-0.1, -0.05) is 19.8 Å². The summed E-state index contributed by atoms with van der Waals surface area (Å²) in [7, 11) is 0. The molecule has 0 aliphatic carbocycles. The summed E-state index contributed by atoms with van der Waals surface area (Å²) in [4.78, 5) is 13.7. The first kappa shape index (κ1) is 16.3. The second-order valence-corrected chi connectivity index (χ2v) is 6.66. The van der Waals surface area contributed by atoms with Crippen LogP contribution in [0.15, 0.2) is 0 Å². The molecule has 0 bridgehead atoms. The fourth-order valence-corrected chi connectivity index (χ4v) is 2.20. The van der Waals surface area contributed by atoms with Gasteiger partial charge < -0.3 is 14.4 Å². The second kappa shape index (κ2) is 6.60. The standard InChI is InChI=1S/C15H29NO3/c1-6-7-8-11-18-15(5)9-10-16(12-15)13(17)19-14(2,3)4/h6-12H2,1-5H3. The number of hydrogen-bond donors (Lipinski definition) is 0. The summed E-state index contributed by atoms with van der Waals surface area (Å²) in [5.74, 6) is 0. The Hall–Kier alpha value is -0.770. The highest BCUT2D eigenvalue weighted by atomic mass is 16.6. The molecule has 1 heterocycles. The monoisotopic (exact) mass is 271 g/mol. The van der Waals surface area contributed by atoms with Crippen LogP contribution in [0.5, 0.6) is 0 Å². The lowest BCUT2D eigenvalue weighted by Gasteiger charge is -2.27. The number of carbonyl (C=O) groups is 1. The Morgan fingerprint density at radius 2 is 2.00 bits per heavy atom. The molecule has 1 amide bonds. The molecule has 4 nitrogen and oxygen atoms in total. The predicted octanol–water partition coefficient (Wildman–Crippen LogP) is 3.59. The number of hydrogen-bond acceptors (Lipinski definition) is 3. The average Bonchev–Trinajstić information content (AvgIpc) is 2.66. The summed E-state index contributed by atoms with van der Waals surface area (Å²) in [5, 5.41) is 0. The molecular formula is C15H29NO3. The van der Waals surface area contributed by atoms with Gasteiger partial charge in [-0.25, -0.2) is 4.79 Å². The van der Waals surface area contributed by atoms with Crippen LogP contribution >= 0.6 is 0 Å². The van der Waals surface area contributed by atoms with Crippen molar-refractivity contribution in [3.63, 3.8) is 0 Å². The van der Waals surface area contributed by atoms with Crippen molar-refractivity contribution in [1.82, 2.24) is 4.90 Å². The maximum absolute atomic E-state index is 12.0. The Morgan fingerprint density at radius 3 is 2.58 bits per heavy atom. The summed E-state index contributed by atoms with van der Waals surface area (Å²) in [6.45, 7) is 12.1. The van der Waals surface area contributed by atoms with Gasteiger partial charge in [0.1, 0.15) is 5.60 Å². The van der Waals surface area contributed by atoms with Gasteiger partial charge in [-0.3, -0.25) is 0 Å². The molecule has 1 saturated heterocycles. The average molecular weight is 271 g/mol. The minimum atomic E-state index is -0.432. The summed E-state index contributed by atoms with van der Waals surface area (Å²) < 4.78 is 11.3. The lowest BCUT2D eigenvalue weighted by atomic mass is 10.1. The van der Waals surface area contributed by atoms with Crippen molar-refractivity contribution in [2.75, 3.05) is 19.7 Å². The van der Waals surface area contributed by atoms with Gasteiger partial charge in [0.05, 0.1) is 12.1 Å². The Kier molecular flexibility index (Phi) is 5.65. The van der Waals surface area contributed by atoms with Crippen LogP contribution in [0.1, 0.15) is 60.3 Å². The van der Waals surface area contributed by atoms with Crippen LogP contribution in [0, 0.1) is 0 Å². The fourth-order valence-electron chi connectivity index (χ4n) is 2.20. The zero-order chi connectivity index (χ0) is 14.5. The van der Waals surface area contributed by atoms with Crippen molar-refractivity contribution < 1.29 is 14.3 Å². The lowest BCUT2D eigenvalue weighted by molar-refractivity contribution is -0.0285. The summed E-state index contributed by atoms with van der Waals surface area (Å²) >= 11 is 0. The molecule has 1 unspecified atom stereocenters. The predicted molar refractivity (Wildman–Crippen MR) is 76.3 cm³/mol. The number of amides is 1. The van der Waals surface area contributed by atoms with Crippen molar-refractivity contribution in [2.24, 2.45) is 0 Å². The minimum Gasteiger partial charge on any atom is -0.444 e. The van der Waals surface area contributed by atoms with Crippen molar-refractivity contribution in [1.29, 1.82) is 0 Å². The summed E-state index contributed by atoms with van der Waals surface area (Å²) in [6.07, 6.45) is 4.15. The molecule has 0 aromatic carbocycles. The van der Waals surface area contributed by atoms with Crippen LogP contribution in [-0.2, 0) is 9.47 Å². The van der Waals surface area contributed by atoms with E-state index in [1.165, 1.54) is 12.8 Å². The number of carbonyl (C=O) groups excluding carboxylic acids is 1. The number of ether oxygens (including phenoxy) is 2. The summed E-state index contributed by atoms with van der Waals surface area (Å²) in [6, 6.07) is 0. The molecule has 1 fully saturated rings. The Labute approximate surface area is 117 Å². The van der Waals surface area contributed by atoms with Crippen LogP contribution in [-0.4, -0.2) is 41.9 Å². The molecule has 4 heteroatoms. The molecule has 0 aromatic rings. The third-order valence-corrected chi connectivity index (χ3v) is 3.29. The number of likely N-dealkylation sites (tertiary alicyclic amines) is 1. The largest absolute Gasteiger partial charge is 0.444 e. The van der Waals surface area contributed by atoms with Crippen LogP contribution < -0.4 is 0 Å². The maximum atomic E-state index is 12.0. The van der Waals surface area contributed by atoms with E-state index >= 15 is 0 Å². The van der Waals surface area contributed by atoms with Crippen molar-refractivity contribution in [3.05, 3.63) is 0 Å². The highest BCUT2D eigenvalue weighted by molar-refractivity contribution is 5.68. The van der Waals surface area contributed by atoms with E-state index in [-0.39, 0.29) is 11.7 Å². The summed E-state index contributed by atoms with van der Waals surface area (Å²) in [5.41, 5.74) is -0.636. The molecule has 0 saturated carbocycles. The Bertz CT molecular complexity index is 298. The van der Waals surface area contributed by atoms with E-state index in [1.807, 2.05) is 20.8 Å². The van der Waals surface area contributed by atoms with Gasteiger partial charge >= 0.3 is 6.09 Å². The van der Waals surface area contributed by atoms with Crippen molar-refractivity contribution >= 4 is 6.09 Å². The molecule has 0 aromatic heterocycles. The van der Waals surface area contributed by atoms with Crippen molar-refractivity contribution in [3.8, 4) is 0 Å². The zero-order valence-corrected chi connectivity index (χ0v) is 13.1. The van der Waals surface area contributed by atoms with E-state index < -0.39 is 5.60 Å². The second-order valence-electron chi connectivity index (χ2n) is 6.66. The van der Waals surface area contributed by atoms with Gasteiger partial charge in [0.15, 0.2) is 0 Å². The van der Waals surface area contributed by atoms with Crippen LogP contribution in [0.25, 0.3) is 0 Å². The molecule has 19 heavy (non-hydrogen) atoms. The van der Waals surface area contributed by atoms with Gasteiger partial charge in [-0.15, -0.1) is 0 Å². The highest BCUT2D eigenvalue weighted by Gasteiger charge is 2.38. The number of rotatable bonds is 5. The number of nitrogens with zero attached hydrogens (tertiary/aromatic N) is 1. The smallest absolute Gasteiger partial charge is 0.410 e. The Morgan fingerprint density at radius 1 is 1.32 bits per heavy atom. The first-order valence-corrected chi connectivity index (χ1v) is 7.38. The van der Waals surface area contributed by atoms with E-state index in [2.05, 4.69) is 13.8 Å². The van der Waals surface area contributed by atoms with Gasteiger partial charge in [-0.2, -0.15) is 0 Å². The van der Waals surface area contributed by atoms with E-state index in [9.17, 15) is 4.79 Å². The lowest BCUT2D eigenvalue weighted by Crippen LogP contribution is -2.39. The third-order valence-electron chi connectivity index (χ3n) is 3.29. The van der Waals surface area contributed by atoms with Crippen LogP contribution in [0.2, 0.25) is 0 Å². The molecule has 1 aliphatic rings. The quantitative estimate of drug-likeness (QED) is 0.717. The molecule has 1 atom stereocenters. The normalized spacial score (nSPS) is 23.7. The first-order chi connectivity index (χ1) is 8.76.